The number of carbonyl (C=O) groups excluding carboxylic acids is 1. The van der Waals surface area contributed by atoms with E-state index in [1.54, 1.807) is 0 Å². The lowest BCUT2D eigenvalue weighted by molar-refractivity contribution is 0.102. The van der Waals surface area contributed by atoms with Gasteiger partial charge in [0.1, 0.15) is 0 Å². The van der Waals surface area contributed by atoms with Crippen LogP contribution in [0.1, 0.15) is 36.5 Å². The molecule has 120 valence electrons. The van der Waals surface area contributed by atoms with Gasteiger partial charge >= 0.3 is 0 Å². The maximum Gasteiger partial charge on any atom is 0.255 e. The summed E-state index contributed by atoms with van der Waals surface area (Å²) in [5.74, 6) is -0.0670. The van der Waals surface area contributed by atoms with Crippen LogP contribution in [0, 0.1) is 3.57 Å². The number of halogens is 1. The summed E-state index contributed by atoms with van der Waals surface area (Å²) in [5, 5.41) is 2.97. The van der Waals surface area contributed by atoms with Gasteiger partial charge in [-0.1, -0.05) is 6.07 Å². The quantitative estimate of drug-likeness (QED) is 0.715. The fourth-order valence-corrected chi connectivity index (χ4v) is 3.59. The summed E-state index contributed by atoms with van der Waals surface area (Å²) < 4.78 is 1.06. The first kappa shape index (κ1) is 16.3. The van der Waals surface area contributed by atoms with E-state index in [-0.39, 0.29) is 5.91 Å². The van der Waals surface area contributed by atoms with Crippen molar-refractivity contribution in [2.75, 3.05) is 16.8 Å². The van der Waals surface area contributed by atoms with Crippen molar-refractivity contribution in [3.05, 3.63) is 57.7 Å². The topological polar surface area (TPSA) is 32.3 Å². The molecular formula is C19H21IN2O. The van der Waals surface area contributed by atoms with Gasteiger partial charge in [0.15, 0.2) is 0 Å². The second-order valence-corrected chi connectivity index (χ2v) is 7.30. The normalized spacial score (nSPS) is 17.8. The molecule has 3 nitrogen and oxygen atoms in total. The van der Waals surface area contributed by atoms with E-state index in [2.05, 4.69) is 51.9 Å². The molecule has 1 unspecified atom stereocenters. The Hall–Kier alpha value is -1.56. The molecule has 1 N–H and O–H groups in total. The van der Waals surface area contributed by atoms with Crippen molar-refractivity contribution in [3.63, 3.8) is 0 Å². The molecule has 0 aliphatic carbocycles. The molecule has 1 saturated heterocycles. The van der Waals surface area contributed by atoms with Crippen LogP contribution >= 0.6 is 22.6 Å². The molecule has 4 heteroatoms. The predicted octanol–water partition coefficient (Wildman–Crippen LogP) is 4.92. The summed E-state index contributed by atoms with van der Waals surface area (Å²) in [6.45, 7) is 3.40. The van der Waals surface area contributed by atoms with Gasteiger partial charge < -0.3 is 10.2 Å². The van der Waals surface area contributed by atoms with Crippen molar-refractivity contribution in [2.45, 2.75) is 32.2 Å². The minimum absolute atomic E-state index is 0.0670. The summed E-state index contributed by atoms with van der Waals surface area (Å²) in [6.07, 6.45) is 3.84. The van der Waals surface area contributed by atoms with Crippen LogP contribution in [0.5, 0.6) is 0 Å². The summed E-state index contributed by atoms with van der Waals surface area (Å²) in [7, 11) is 0. The molecule has 0 radical (unpaired) electrons. The molecule has 0 spiro atoms. The summed E-state index contributed by atoms with van der Waals surface area (Å²) in [4.78, 5) is 14.7. The molecule has 0 saturated carbocycles. The van der Waals surface area contributed by atoms with Crippen LogP contribution in [0.25, 0.3) is 0 Å². The predicted molar refractivity (Wildman–Crippen MR) is 104 cm³/mol. The number of benzene rings is 2. The molecule has 0 bridgehead atoms. The standard InChI is InChI=1S/C19H21IN2O/c1-14-5-2-3-12-22(14)18-10-8-17(9-11-18)21-19(23)15-6-4-7-16(20)13-15/h4,6-11,13-14H,2-3,5,12H2,1H3,(H,21,23). The second-order valence-electron chi connectivity index (χ2n) is 6.05. The summed E-state index contributed by atoms with van der Waals surface area (Å²) >= 11 is 2.22. The number of carbonyl (C=O) groups is 1. The van der Waals surface area contributed by atoms with Gasteiger partial charge in [0.25, 0.3) is 5.91 Å². The monoisotopic (exact) mass is 420 g/mol. The SMILES string of the molecule is CC1CCCCN1c1ccc(NC(=O)c2cccc(I)c2)cc1. The van der Waals surface area contributed by atoms with E-state index in [9.17, 15) is 4.79 Å². The Kier molecular flexibility index (Phi) is 5.20. The van der Waals surface area contributed by atoms with Gasteiger partial charge in [0, 0.05) is 33.1 Å². The zero-order valence-corrected chi connectivity index (χ0v) is 15.4. The van der Waals surface area contributed by atoms with Crippen LogP contribution in [0.3, 0.4) is 0 Å². The zero-order chi connectivity index (χ0) is 16.2. The minimum Gasteiger partial charge on any atom is -0.369 e. The molecule has 1 fully saturated rings. The Morgan fingerprint density at radius 2 is 1.96 bits per heavy atom. The molecule has 1 heterocycles. The van der Waals surface area contributed by atoms with E-state index in [1.807, 2.05) is 36.4 Å². The van der Waals surface area contributed by atoms with E-state index in [0.717, 1.165) is 15.8 Å². The van der Waals surface area contributed by atoms with Crippen molar-refractivity contribution in [2.24, 2.45) is 0 Å². The van der Waals surface area contributed by atoms with E-state index in [4.69, 9.17) is 0 Å². The van der Waals surface area contributed by atoms with Crippen LogP contribution in [0.4, 0.5) is 11.4 Å². The van der Waals surface area contributed by atoms with Crippen molar-refractivity contribution in [1.82, 2.24) is 0 Å². The van der Waals surface area contributed by atoms with E-state index in [0.29, 0.717) is 11.6 Å². The third kappa shape index (κ3) is 4.05. The highest BCUT2D eigenvalue weighted by atomic mass is 127. The smallest absolute Gasteiger partial charge is 0.255 e. The Labute approximate surface area is 151 Å². The second kappa shape index (κ2) is 7.34. The van der Waals surface area contributed by atoms with Gasteiger partial charge in [0.2, 0.25) is 0 Å². The number of anilines is 2. The number of rotatable bonds is 3. The molecule has 1 aliphatic heterocycles. The Balaban J connectivity index is 1.69. The Morgan fingerprint density at radius 1 is 1.17 bits per heavy atom. The molecule has 1 aliphatic rings. The molecule has 3 rings (SSSR count). The van der Waals surface area contributed by atoms with E-state index < -0.39 is 0 Å². The highest BCUT2D eigenvalue weighted by Gasteiger charge is 2.18. The number of hydrogen-bond acceptors (Lipinski definition) is 2. The van der Waals surface area contributed by atoms with Crippen LogP contribution in [0.2, 0.25) is 0 Å². The van der Waals surface area contributed by atoms with Crippen LogP contribution in [0.15, 0.2) is 48.5 Å². The maximum absolute atomic E-state index is 12.3. The number of nitrogens with one attached hydrogen (secondary N) is 1. The van der Waals surface area contributed by atoms with Crippen molar-refractivity contribution >= 4 is 39.9 Å². The van der Waals surface area contributed by atoms with E-state index in [1.165, 1.54) is 24.9 Å². The molecular weight excluding hydrogens is 399 g/mol. The zero-order valence-electron chi connectivity index (χ0n) is 13.3. The summed E-state index contributed by atoms with van der Waals surface area (Å²) in [6, 6.07) is 16.4. The van der Waals surface area contributed by atoms with E-state index >= 15 is 0 Å². The fourth-order valence-electron chi connectivity index (χ4n) is 3.05. The first-order valence-corrected chi connectivity index (χ1v) is 9.15. The third-order valence-electron chi connectivity index (χ3n) is 4.35. The van der Waals surface area contributed by atoms with Gasteiger partial charge in [-0.15, -0.1) is 0 Å². The van der Waals surface area contributed by atoms with Crippen molar-refractivity contribution < 1.29 is 4.79 Å². The fraction of sp³-hybridized carbons (Fsp3) is 0.316. The van der Waals surface area contributed by atoms with Crippen molar-refractivity contribution in [3.8, 4) is 0 Å². The molecule has 2 aromatic carbocycles. The largest absolute Gasteiger partial charge is 0.369 e. The molecule has 2 aromatic rings. The van der Waals surface area contributed by atoms with Crippen LogP contribution in [-0.2, 0) is 0 Å². The molecule has 1 amide bonds. The lowest BCUT2D eigenvalue weighted by Gasteiger charge is -2.35. The third-order valence-corrected chi connectivity index (χ3v) is 5.02. The lowest BCUT2D eigenvalue weighted by Crippen LogP contribution is -2.37. The number of hydrogen-bond donors (Lipinski definition) is 1. The average Bonchev–Trinajstić information content (AvgIpc) is 2.56. The first-order valence-electron chi connectivity index (χ1n) is 8.07. The van der Waals surface area contributed by atoms with Gasteiger partial charge in [-0.25, -0.2) is 0 Å². The Morgan fingerprint density at radius 3 is 2.65 bits per heavy atom. The molecule has 0 aromatic heterocycles. The average molecular weight is 420 g/mol. The van der Waals surface area contributed by atoms with Gasteiger partial charge in [-0.2, -0.15) is 0 Å². The maximum atomic E-state index is 12.3. The number of amides is 1. The highest BCUT2D eigenvalue weighted by molar-refractivity contribution is 14.1. The highest BCUT2D eigenvalue weighted by Crippen LogP contribution is 2.26. The minimum atomic E-state index is -0.0670. The molecule has 23 heavy (non-hydrogen) atoms. The van der Waals surface area contributed by atoms with Gasteiger partial charge in [0.05, 0.1) is 0 Å². The summed E-state index contributed by atoms with van der Waals surface area (Å²) in [5.41, 5.74) is 2.76. The Bertz CT molecular complexity index is 684. The number of piperidine rings is 1. The van der Waals surface area contributed by atoms with Crippen LogP contribution in [-0.4, -0.2) is 18.5 Å². The van der Waals surface area contributed by atoms with Gasteiger partial charge in [-0.05, 0) is 91.2 Å². The van der Waals surface area contributed by atoms with Crippen LogP contribution < -0.4 is 10.2 Å². The lowest BCUT2D eigenvalue weighted by atomic mass is 10.0. The van der Waals surface area contributed by atoms with Gasteiger partial charge in [-0.3, -0.25) is 4.79 Å². The molecule has 1 atom stereocenters. The van der Waals surface area contributed by atoms with Crippen molar-refractivity contribution in [1.29, 1.82) is 0 Å². The first-order chi connectivity index (χ1) is 11.1. The number of nitrogens with zero attached hydrogens (tertiary/aromatic N) is 1.